The molecular weight excluding hydrogens is 327 g/mol. The minimum atomic E-state index is -1.01. The molecule has 0 aliphatic carbocycles. The van der Waals surface area contributed by atoms with E-state index in [4.69, 9.17) is 39.9 Å². The van der Waals surface area contributed by atoms with Gasteiger partial charge < -0.3 is 10.4 Å². The number of carboxylic acids is 1. The summed E-state index contributed by atoms with van der Waals surface area (Å²) in [6, 6.07) is 2.08. The number of carboxylic acid groups (broad SMARTS) is 1. The lowest BCUT2D eigenvalue weighted by atomic mass is 10.3. The SMILES string of the molecule is CC(C(=O)O)N(C)CC(=O)Nc1cc(Cl)c(Cl)cc1Cl. The maximum absolute atomic E-state index is 11.8. The number of carbonyl (C=O) groups is 2. The monoisotopic (exact) mass is 338 g/mol. The normalized spacial score (nSPS) is 12.3. The summed E-state index contributed by atoms with van der Waals surface area (Å²) in [5.74, 6) is -1.41. The van der Waals surface area contributed by atoms with Crippen molar-refractivity contribution in [3.8, 4) is 0 Å². The van der Waals surface area contributed by atoms with Gasteiger partial charge >= 0.3 is 5.97 Å². The maximum Gasteiger partial charge on any atom is 0.320 e. The first-order valence-corrected chi connectivity index (χ1v) is 6.73. The first-order chi connectivity index (χ1) is 9.22. The van der Waals surface area contributed by atoms with Gasteiger partial charge in [0.05, 0.1) is 27.3 Å². The number of benzene rings is 1. The summed E-state index contributed by atoms with van der Waals surface area (Å²) >= 11 is 17.5. The second-order valence-corrected chi connectivity index (χ2v) is 5.45. The summed E-state index contributed by atoms with van der Waals surface area (Å²) in [7, 11) is 1.54. The van der Waals surface area contributed by atoms with E-state index in [1.54, 1.807) is 0 Å². The lowest BCUT2D eigenvalue weighted by molar-refractivity contribution is -0.142. The third kappa shape index (κ3) is 4.52. The second-order valence-electron chi connectivity index (χ2n) is 4.22. The molecule has 0 radical (unpaired) electrons. The average molecular weight is 340 g/mol. The van der Waals surface area contributed by atoms with E-state index in [0.717, 1.165) is 0 Å². The van der Waals surface area contributed by atoms with Crippen LogP contribution < -0.4 is 5.32 Å². The van der Waals surface area contributed by atoms with Gasteiger partial charge in [0.2, 0.25) is 5.91 Å². The Morgan fingerprint density at radius 3 is 2.35 bits per heavy atom. The van der Waals surface area contributed by atoms with Crippen molar-refractivity contribution in [2.45, 2.75) is 13.0 Å². The molecule has 1 rings (SSSR count). The molecule has 20 heavy (non-hydrogen) atoms. The molecule has 0 fully saturated rings. The fraction of sp³-hybridized carbons (Fsp3) is 0.333. The van der Waals surface area contributed by atoms with Crippen LogP contribution in [-0.4, -0.2) is 41.5 Å². The summed E-state index contributed by atoms with van der Waals surface area (Å²) in [4.78, 5) is 24.0. The summed E-state index contributed by atoms with van der Waals surface area (Å²) in [5.41, 5.74) is 0.322. The Hall–Kier alpha value is -1.01. The summed E-state index contributed by atoms with van der Waals surface area (Å²) < 4.78 is 0. The molecule has 2 N–H and O–H groups in total. The largest absolute Gasteiger partial charge is 0.480 e. The standard InChI is InChI=1S/C12H13Cl3N2O3/c1-6(12(19)20)17(2)5-11(18)16-10-4-8(14)7(13)3-9(10)15/h3-4,6H,5H2,1-2H3,(H,16,18)(H,19,20). The predicted molar refractivity (Wildman–Crippen MR) is 79.8 cm³/mol. The van der Waals surface area contributed by atoms with Gasteiger partial charge in [0.1, 0.15) is 6.04 Å². The molecule has 0 saturated heterocycles. The zero-order chi connectivity index (χ0) is 15.4. The molecule has 110 valence electrons. The Bertz CT molecular complexity index is 537. The summed E-state index contributed by atoms with van der Waals surface area (Å²) in [6.07, 6.45) is 0. The van der Waals surface area contributed by atoms with Crippen LogP contribution in [0.25, 0.3) is 0 Å². The first-order valence-electron chi connectivity index (χ1n) is 5.59. The summed E-state index contributed by atoms with van der Waals surface area (Å²) in [5, 5.41) is 12.2. The molecule has 1 atom stereocenters. The van der Waals surface area contributed by atoms with E-state index in [1.807, 2.05) is 0 Å². The number of nitrogens with zero attached hydrogens (tertiary/aromatic N) is 1. The molecule has 0 saturated carbocycles. The highest BCUT2D eigenvalue weighted by Gasteiger charge is 2.19. The molecule has 0 aliphatic rings. The van der Waals surface area contributed by atoms with Crippen molar-refractivity contribution in [3.05, 3.63) is 27.2 Å². The van der Waals surface area contributed by atoms with Crippen LogP contribution in [0.5, 0.6) is 0 Å². The highest BCUT2D eigenvalue weighted by molar-refractivity contribution is 6.44. The lowest BCUT2D eigenvalue weighted by Crippen LogP contribution is -2.40. The number of nitrogens with one attached hydrogen (secondary N) is 1. The van der Waals surface area contributed by atoms with E-state index in [-0.39, 0.29) is 21.6 Å². The van der Waals surface area contributed by atoms with E-state index in [9.17, 15) is 9.59 Å². The molecule has 0 bridgehead atoms. The van der Waals surface area contributed by atoms with E-state index in [0.29, 0.717) is 5.69 Å². The Morgan fingerprint density at radius 1 is 1.25 bits per heavy atom. The molecule has 1 unspecified atom stereocenters. The molecule has 0 heterocycles. The number of likely N-dealkylation sites (N-methyl/N-ethyl adjacent to an activating group) is 1. The number of hydrogen-bond donors (Lipinski definition) is 2. The van der Waals surface area contributed by atoms with Crippen LogP contribution in [0.15, 0.2) is 12.1 Å². The molecule has 5 nitrogen and oxygen atoms in total. The highest BCUT2D eigenvalue weighted by Crippen LogP contribution is 2.32. The quantitative estimate of drug-likeness (QED) is 0.809. The van der Waals surface area contributed by atoms with Gasteiger partial charge in [0, 0.05) is 0 Å². The van der Waals surface area contributed by atoms with Crippen LogP contribution in [0.2, 0.25) is 15.1 Å². The number of aliphatic carboxylic acids is 1. The molecule has 0 aliphatic heterocycles. The van der Waals surface area contributed by atoms with Gasteiger partial charge in [0.25, 0.3) is 0 Å². The Balaban J connectivity index is 2.72. The zero-order valence-corrected chi connectivity index (χ0v) is 13.1. The van der Waals surface area contributed by atoms with Crippen molar-refractivity contribution in [1.29, 1.82) is 0 Å². The van der Waals surface area contributed by atoms with Crippen LogP contribution >= 0.6 is 34.8 Å². The lowest BCUT2D eigenvalue weighted by Gasteiger charge is -2.20. The molecule has 1 amide bonds. The fourth-order valence-corrected chi connectivity index (χ4v) is 1.95. The Morgan fingerprint density at radius 2 is 1.80 bits per heavy atom. The van der Waals surface area contributed by atoms with Crippen molar-refractivity contribution in [3.63, 3.8) is 0 Å². The number of rotatable bonds is 5. The molecule has 8 heteroatoms. The number of anilines is 1. The van der Waals surface area contributed by atoms with Gasteiger partial charge in [-0.3, -0.25) is 14.5 Å². The van der Waals surface area contributed by atoms with Gasteiger partial charge in [-0.15, -0.1) is 0 Å². The Labute approximate surface area is 131 Å². The first kappa shape index (κ1) is 17.0. The van der Waals surface area contributed by atoms with Crippen molar-refractivity contribution < 1.29 is 14.7 Å². The average Bonchev–Trinajstić information content (AvgIpc) is 2.34. The molecule has 0 spiro atoms. The van der Waals surface area contributed by atoms with Gasteiger partial charge in [-0.05, 0) is 26.1 Å². The molecule has 1 aromatic carbocycles. The molecule has 1 aromatic rings. The van der Waals surface area contributed by atoms with Gasteiger partial charge in [-0.25, -0.2) is 0 Å². The van der Waals surface area contributed by atoms with Crippen LogP contribution in [0.1, 0.15) is 6.92 Å². The van der Waals surface area contributed by atoms with Crippen molar-refractivity contribution in [1.82, 2.24) is 4.90 Å². The van der Waals surface area contributed by atoms with E-state index >= 15 is 0 Å². The minimum Gasteiger partial charge on any atom is -0.480 e. The molecule has 0 aromatic heterocycles. The smallest absolute Gasteiger partial charge is 0.320 e. The highest BCUT2D eigenvalue weighted by atomic mass is 35.5. The fourth-order valence-electron chi connectivity index (χ4n) is 1.36. The van der Waals surface area contributed by atoms with E-state index in [2.05, 4.69) is 5.32 Å². The third-order valence-corrected chi connectivity index (χ3v) is 3.73. The third-order valence-electron chi connectivity index (χ3n) is 2.70. The van der Waals surface area contributed by atoms with E-state index < -0.39 is 17.9 Å². The predicted octanol–water partition coefficient (Wildman–Crippen LogP) is 2.99. The number of amides is 1. The Kier molecular flexibility index (Phi) is 6.07. The topological polar surface area (TPSA) is 69.6 Å². The number of carbonyl (C=O) groups excluding carboxylic acids is 1. The van der Waals surface area contributed by atoms with Crippen LogP contribution in [0.4, 0.5) is 5.69 Å². The van der Waals surface area contributed by atoms with Gasteiger partial charge in [-0.2, -0.15) is 0 Å². The van der Waals surface area contributed by atoms with Crippen molar-refractivity contribution in [2.24, 2.45) is 0 Å². The summed E-state index contributed by atoms with van der Waals surface area (Å²) in [6.45, 7) is 1.39. The number of hydrogen-bond acceptors (Lipinski definition) is 3. The maximum atomic E-state index is 11.8. The minimum absolute atomic E-state index is 0.0932. The zero-order valence-electron chi connectivity index (χ0n) is 10.8. The van der Waals surface area contributed by atoms with Crippen molar-refractivity contribution >= 4 is 52.4 Å². The van der Waals surface area contributed by atoms with Crippen molar-refractivity contribution in [2.75, 3.05) is 18.9 Å². The van der Waals surface area contributed by atoms with Crippen LogP contribution in [0, 0.1) is 0 Å². The molecular formula is C12H13Cl3N2O3. The van der Waals surface area contributed by atoms with Crippen LogP contribution in [-0.2, 0) is 9.59 Å². The number of halogens is 3. The van der Waals surface area contributed by atoms with Gasteiger partial charge in [-0.1, -0.05) is 34.8 Å². The van der Waals surface area contributed by atoms with Gasteiger partial charge in [0.15, 0.2) is 0 Å². The van der Waals surface area contributed by atoms with E-state index in [1.165, 1.54) is 31.0 Å². The second kappa shape index (κ2) is 7.13. The van der Waals surface area contributed by atoms with Crippen LogP contribution in [0.3, 0.4) is 0 Å².